The van der Waals surface area contributed by atoms with E-state index in [0.717, 1.165) is 30.3 Å². The summed E-state index contributed by atoms with van der Waals surface area (Å²) in [6, 6.07) is 8.69. The summed E-state index contributed by atoms with van der Waals surface area (Å²) in [6.45, 7) is 13.0. The molecule has 0 bridgehead atoms. The Kier molecular flexibility index (Phi) is 4.53. The van der Waals surface area contributed by atoms with Gasteiger partial charge in [0, 0.05) is 12.1 Å². The summed E-state index contributed by atoms with van der Waals surface area (Å²) in [5, 5.41) is 4.71. The minimum absolute atomic E-state index is 0.176. The number of benzene rings is 1. The van der Waals surface area contributed by atoms with E-state index in [0.29, 0.717) is 0 Å². The van der Waals surface area contributed by atoms with Crippen molar-refractivity contribution in [2.75, 3.05) is 13.1 Å². The van der Waals surface area contributed by atoms with Gasteiger partial charge < -0.3 is 0 Å². The Hall–Kier alpha value is -1.68. The van der Waals surface area contributed by atoms with Crippen molar-refractivity contribution >= 4 is 0 Å². The summed E-state index contributed by atoms with van der Waals surface area (Å²) >= 11 is 0. The topological polar surface area (TPSA) is 34.0 Å². The number of aromatic nitrogens is 3. The number of likely N-dealkylation sites (tertiary alicyclic amines) is 1. The van der Waals surface area contributed by atoms with Gasteiger partial charge in [-0.05, 0) is 43.8 Å². The van der Waals surface area contributed by atoms with Crippen LogP contribution in [0, 0.1) is 0 Å². The molecular weight excluding hydrogens is 284 g/mol. The van der Waals surface area contributed by atoms with E-state index < -0.39 is 0 Å². The molecule has 23 heavy (non-hydrogen) atoms. The minimum atomic E-state index is 0.176. The smallest absolute Gasteiger partial charge is 0.181 e. The van der Waals surface area contributed by atoms with Crippen LogP contribution in [0.4, 0.5) is 0 Å². The molecule has 2 heterocycles. The van der Waals surface area contributed by atoms with Crippen molar-refractivity contribution in [1.82, 2.24) is 19.7 Å². The van der Waals surface area contributed by atoms with Gasteiger partial charge in [0.1, 0.15) is 5.82 Å². The van der Waals surface area contributed by atoms with Crippen LogP contribution < -0.4 is 0 Å². The van der Waals surface area contributed by atoms with Gasteiger partial charge in [0.15, 0.2) is 5.82 Å². The fraction of sp³-hybridized carbons (Fsp3) is 0.579. The highest BCUT2D eigenvalue weighted by atomic mass is 15.4. The molecule has 0 radical (unpaired) electrons. The van der Waals surface area contributed by atoms with Crippen LogP contribution in [-0.2, 0) is 18.5 Å². The lowest BCUT2D eigenvalue weighted by Crippen LogP contribution is -2.21. The number of aryl methyl sites for hydroxylation is 1. The lowest BCUT2D eigenvalue weighted by molar-refractivity contribution is 0.314. The fourth-order valence-electron chi connectivity index (χ4n) is 3.13. The summed E-state index contributed by atoms with van der Waals surface area (Å²) in [6.07, 6.45) is 2.61. The van der Waals surface area contributed by atoms with Gasteiger partial charge in [0.2, 0.25) is 0 Å². The molecule has 1 saturated heterocycles. The number of hydrogen-bond acceptors (Lipinski definition) is 3. The molecule has 1 aliphatic heterocycles. The fourth-order valence-corrected chi connectivity index (χ4v) is 3.13. The molecule has 1 aromatic carbocycles. The summed E-state index contributed by atoms with van der Waals surface area (Å²) in [5.74, 6) is 1.94. The number of hydrogen-bond donors (Lipinski definition) is 0. The van der Waals surface area contributed by atoms with E-state index in [9.17, 15) is 0 Å². The monoisotopic (exact) mass is 312 g/mol. The van der Waals surface area contributed by atoms with E-state index in [1.807, 2.05) is 4.68 Å². The molecule has 0 saturated carbocycles. The molecule has 0 aliphatic carbocycles. The molecule has 0 spiro atoms. The van der Waals surface area contributed by atoms with Crippen molar-refractivity contribution in [3.05, 3.63) is 35.7 Å². The zero-order valence-corrected chi connectivity index (χ0v) is 14.8. The Labute approximate surface area is 139 Å². The number of rotatable bonds is 4. The highest BCUT2D eigenvalue weighted by molar-refractivity contribution is 5.55. The lowest BCUT2D eigenvalue weighted by atomic mass is 9.87. The van der Waals surface area contributed by atoms with Crippen LogP contribution in [0.3, 0.4) is 0 Å². The second-order valence-corrected chi connectivity index (χ2v) is 7.48. The normalized spacial score (nSPS) is 16.2. The Morgan fingerprint density at radius 2 is 1.70 bits per heavy atom. The van der Waals surface area contributed by atoms with Crippen molar-refractivity contribution in [3.8, 4) is 11.4 Å². The summed E-state index contributed by atoms with van der Waals surface area (Å²) < 4.78 is 2.05. The first-order valence-corrected chi connectivity index (χ1v) is 8.74. The summed E-state index contributed by atoms with van der Waals surface area (Å²) in [4.78, 5) is 7.29. The van der Waals surface area contributed by atoms with Gasteiger partial charge in [0.05, 0.1) is 6.54 Å². The Morgan fingerprint density at radius 1 is 1.04 bits per heavy atom. The van der Waals surface area contributed by atoms with E-state index in [4.69, 9.17) is 10.1 Å². The molecule has 0 unspecified atom stereocenters. The molecule has 0 N–H and O–H groups in total. The van der Waals surface area contributed by atoms with Crippen LogP contribution in [0.15, 0.2) is 24.3 Å². The average molecular weight is 312 g/mol. The highest BCUT2D eigenvalue weighted by Gasteiger charge is 2.18. The van der Waals surface area contributed by atoms with Gasteiger partial charge in [-0.2, -0.15) is 5.10 Å². The van der Waals surface area contributed by atoms with Gasteiger partial charge in [-0.1, -0.05) is 45.0 Å². The first-order valence-electron chi connectivity index (χ1n) is 8.74. The van der Waals surface area contributed by atoms with Crippen LogP contribution in [0.5, 0.6) is 0 Å². The minimum Gasteiger partial charge on any atom is -0.296 e. The van der Waals surface area contributed by atoms with Gasteiger partial charge >= 0.3 is 0 Å². The highest BCUT2D eigenvalue weighted by Crippen LogP contribution is 2.25. The maximum Gasteiger partial charge on any atom is 0.181 e. The quantitative estimate of drug-likeness (QED) is 0.859. The molecule has 1 aromatic heterocycles. The molecule has 1 fully saturated rings. The van der Waals surface area contributed by atoms with Crippen molar-refractivity contribution < 1.29 is 0 Å². The predicted molar refractivity (Wildman–Crippen MR) is 94.3 cm³/mol. The Balaban J connectivity index is 1.83. The van der Waals surface area contributed by atoms with E-state index in [1.165, 1.54) is 31.5 Å². The molecule has 1 aliphatic rings. The molecule has 4 heteroatoms. The molecule has 0 atom stereocenters. The standard InChI is InChI=1S/C19H28N4/c1-5-23-17(14-22-12-6-7-13-22)20-18(21-23)15-8-10-16(11-9-15)19(2,3)4/h8-11H,5-7,12-14H2,1-4H3. The Bertz CT molecular complexity index is 643. The zero-order valence-electron chi connectivity index (χ0n) is 14.8. The Morgan fingerprint density at radius 3 is 2.26 bits per heavy atom. The van der Waals surface area contributed by atoms with E-state index in [-0.39, 0.29) is 5.41 Å². The van der Waals surface area contributed by atoms with Crippen LogP contribution in [-0.4, -0.2) is 32.8 Å². The predicted octanol–water partition coefficient (Wildman–Crippen LogP) is 3.86. The van der Waals surface area contributed by atoms with Crippen molar-refractivity contribution in [3.63, 3.8) is 0 Å². The maximum absolute atomic E-state index is 4.82. The van der Waals surface area contributed by atoms with E-state index in [2.05, 4.69) is 56.9 Å². The molecule has 3 rings (SSSR count). The summed E-state index contributed by atoms with van der Waals surface area (Å²) in [5.41, 5.74) is 2.62. The van der Waals surface area contributed by atoms with Crippen molar-refractivity contribution in [2.24, 2.45) is 0 Å². The first-order chi connectivity index (χ1) is 11.0. The van der Waals surface area contributed by atoms with Gasteiger partial charge in [-0.15, -0.1) is 0 Å². The second kappa shape index (κ2) is 6.44. The second-order valence-electron chi connectivity index (χ2n) is 7.48. The summed E-state index contributed by atoms with van der Waals surface area (Å²) in [7, 11) is 0. The lowest BCUT2D eigenvalue weighted by Gasteiger charge is -2.18. The van der Waals surface area contributed by atoms with Crippen LogP contribution in [0.1, 0.15) is 51.9 Å². The van der Waals surface area contributed by atoms with E-state index >= 15 is 0 Å². The van der Waals surface area contributed by atoms with Crippen LogP contribution >= 0.6 is 0 Å². The van der Waals surface area contributed by atoms with Crippen molar-refractivity contribution in [1.29, 1.82) is 0 Å². The molecule has 0 amide bonds. The molecular formula is C19H28N4. The van der Waals surface area contributed by atoms with Gasteiger partial charge in [-0.3, -0.25) is 4.90 Å². The average Bonchev–Trinajstić information content (AvgIpc) is 3.16. The SMILES string of the molecule is CCn1nc(-c2ccc(C(C)(C)C)cc2)nc1CN1CCCC1. The third kappa shape index (κ3) is 3.63. The maximum atomic E-state index is 4.82. The van der Waals surface area contributed by atoms with E-state index in [1.54, 1.807) is 0 Å². The third-order valence-corrected chi connectivity index (χ3v) is 4.62. The van der Waals surface area contributed by atoms with Gasteiger partial charge in [-0.25, -0.2) is 9.67 Å². The molecule has 4 nitrogen and oxygen atoms in total. The van der Waals surface area contributed by atoms with Crippen LogP contribution in [0.25, 0.3) is 11.4 Å². The molecule has 124 valence electrons. The first kappa shape index (κ1) is 16.2. The largest absolute Gasteiger partial charge is 0.296 e. The zero-order chi connectivity index (χ0) is 16.4. The van der Waals surface area contributed by atoms with Crippen molar-refractivity contribution in [2.45, 2.75) is 59.0 Å². The third-order valence-electron chi connectivity index (χ3n) is 4.62. The van der Waals surface area contributed by atoms with Gasteiger partial charge in [0.25, 0.3) is 0 Å². The molecule has 2 aromatic rings. The number of nitrogens with zero attached hydrogens (tertiary/aromatic N) is 4. The van der Waals surface area contributed by atoms with Crippen LogP contribution in [0.2, 0.25) is 0 Å².